The van der Waals surface area contributed by atoms with E-state index in [0.717, 1.165) is 0 Å². The number of fused-ring (bicyclic) bond motifs is 1. The molecule has 10 heteroatoms. The van der Waals surface area contributed by atoms with Crippen molar-refractivity contribution in [1.82, 2.24) is 4.98 Å². The number of nitrogens with one attached hydrogen (secondary N) is 1. The van der Waals surface area contributed by atoms with Crippen molar-refractivity contribution in [2.24, 2.45) is 0 Å². The number of aliphatic carboxylic acids is 2. The van der Waals surface area contributed by atoms with Gasteiger partial charge in [-0.2, -0.15) is 0 Å². The van der Waals surface area contributed by atoms with Crippen LogP contribution in [0, 0.1) is 10.1 Å². The fraction of sp³-hybridized carbons (Fsp3) is 0.182. The Balaban J connectivity index is 2.45. The molecule has 2 rings (SSSR count). The summed E-state index contributed by atoms with van der Waals surface area (Å²) in [5.41, 5.74) is 1.12. The second kappa shape index (κ2) is 5.71. The van der Waals surface area contributed by atoms with Crippen LogP contribution in [-0.4, -0.2) is 38.1 Å². The van der Waals surface area contributed by atoms with E-state index in [1.807, 2.05) is 0 Å². The average molecular weight is 311 g/mol. The number of carboxylic acid groups (broad SMARTS) is 2. The number of nitro groups is 1. The molecule has 0 radical (unpaired) electrons. The van der Waals surface area contributed by atoms with Gasteiger partial charge in [0.05, 0.1) is 21.6 Å². The van der Waals surface area contributed by atoms with Crippen LogP contribution in [0.25, 0.3) is 10.2 Å². The number of hydrogen-bond donors (Lipinski definition) is 3. The number of anilines is 1. The molecule has 0 aliphatic rings. The van der Waals surface area contributed by atoms with E-state index < -0.39 is 29.3 Å². The zero-order valence-electron chi connectivity index (χ0n) is 10.3. The minimum atomic E-state index is -1.47. The van der Waals surface area contributed by atoms with Crippen molar-refractivity contribution in [2.75, 3.05) is 5.32 Å². The molecule has 0 aliphatic carbocycles. The second-order valence-corrected chi connectivity index (χ2v) is 4.94. The van der Waals surface area contributed by atoms with Gasteiger partial charge >= 0.3 is 17.6 Å². The van der Waals surface area contributed by atoms with E-state index in [-0.39, 0.29) is 16.9 Å². The summed E-state index contributed by atoms with van der Waals surface area (Å²) >= 11 is 1.21. The van der Waals surface area contributed by atoms with E-state index in [9.17, 15) is 19.7 Å². The molecule has 1 aromatic carbocycles. The number of thiazole rings is 1. The third kappa shape index (κ3) is 3.05. The molecule has 1 unspecified atom stereocenters. The van der Waals surface area contributed by atoms with E-state index in [1.165, 1.54) is 22.9 Å². The minimum absolute atomic E-state index is 0.0768. The number of aromatic nitrogens is 1. The molecular formula is C11H9N3O6S. The van der Waals surface area contributed by atoms with Gasteiger partial charge in [0.15, 0.2) is 5.52 Å². The lowest BCUT2D eigenvalue weighted by molar-refractivity contribution is -0.382. The van der Waals surface area contributed by atoms with E-state index in [4.69, 9.17) is 10.2 Å². The fourth-order valence-corrected chi connectivity index (χ4v) is 2.46. The number of rotatable bonds is 6. The van der Waals surface area contributed by atoms with Crippen LogP contribution >= 0.6 is 11.3 Å². The van der Waals surface area contributed by atoms with Gasteiger partial charge in [0.2, 0.25) is 0 Å². The number of carbonyl (C=O) groups is 2. The summed E-state index contributed by atoms with van der Waals surface area (Å²) in [4.78, 5) is 36.1. The molecule has 0 bridgehead atoms. The Morgan fingerprint density at radius 3 is 2.71 bits per heavy atom. The van der Waals surface area contributed by atoms with Gasteiger partial charge in [-0.1, -0.05) is 0 Å². The highest BCUT2D eigenvalue weighted by Gasteiger charge is 2.26. The summed E-state index contributed by atoms with van der Waals surface area (Å²) in [5, 5.41) is 31.2. The molecule has 0 spiro atoms. The maximum absolute atomic E-state index is 11.2. The highest BCUT2D eigenvalue weighted by molar-refractivity contribution is 7.16. The van der Waals surface area contributed by atoms with Gasteiger partial charge in [0.25, 0.3) is 0 Å². The van der Waals surface area contributed by atoms with E-state index in [2.05, 4.69) is 10.3 Å². The predicted octanol–water partition coefficient (Wildman–Crippen LogP) is 1.54. The standard InChI is InChI=1S/C11H9N3O6S/c15-8(16)3-6(11(17)18)13-5-1-2-7-9(12-4-21-7)10(5)14(19)20/h1-2,4,6,13H,3H2,(H,15,16)(H,17,18). The Bertz CT molecular complexity index is 728. The summed E-state index contributed by atoms with van der Waals surface area (Å²) in [6, 6.07) is 1.43. The summed E-state index contributed by atoms with van der Waals surface area (Å²) in [6.45, 7) is 0. The quantitative estimate of drug-likeness (QED) is 0.538. The third-order valence-corrected chi connectivity index (χ3v) is 3.46. The Kier molecular flexibility index (Phi) is 3.98. The Morgan fingerprint density at radius 2 is 2.14 bits per heavy atom. The summed E-state index contributed by atoms with van der Waals surface area (Å²) in [7, 11) is 0. The first-order chi connectivity index (χ1) is 9.90. The molecule has 110 valence electrons. The lowest BCUT2D eigenvalue weighted by Crippen LogP contribution is -2.32. The van der Waals surface area contributed by atoms with E-state index in [1.54, 1.807) is 6.07 Å². The predicted molar refractivity (Wildman–Crippen MR) is 73.6 cm³/mol. The van der Waals surface area contributed by atoms with Crippen molar-refractivity contribution >= 4 is 44.9 Å². The van der Waals surface area contributed by atoms with Gasteiger partial charge < -0.3 is 15.5 Å². The molecule has 0 saturated carbocycles. The molecule has 1 aromatic heterocycles. The molecule has 1 atom stereocenters. The SMILES string of the molecule is O=C(O)CC(Nc1ccc2scnc2c1[N+](=O)[O-])C(=O)O. The molecule has 0 saturated heterocycles. The smallest absolute Gasteiger partial charge is 0.326 e. The molecule has 0 aliphatic heterocycles. The number of nitro benzene ring substituents is 1. The van der Waals surface area contributed by atoms with Crippen molar-refractivity contribution in [2.45, 2.75) is 12.5 Å². The molecule has 9 nitrogen and oxygen atoms in total. The third-order valence-electron chi connectivity index (χ3n) is 2.66. The van der Waals surface area contributed by atoms with Crippen LogP contribution in [0.15, 0.2) is 17.6 Å². The maximum Gasteiger partial charge on any atom is 0.326 e. The van der Waals surface area contributed by atoms with Crippen LogP contribution in [-0.2, 0) is 9.59 Å². The lowest BCUT2D eigenvalue weighted by Gasteiger charge is -2.13. The molecule has 21 heavy (non-hydrogen) atoms. The maximum atomic E-state index is 11.2. The van der Waals surface area contributed by atoms with Gasteiger partial charge in [-0.15, -0.1) is 11.3 Å². The molecular weight excluding hydrogens is 302 g/mol. The monoisotopic (exact) mass is 311 g/mol. The second-order valence-electron chi connectivity index (χ2n) is 4.05. The van der Waals surface area contributed by atoms with Crippen LogP contribution < -0.4 is 5.32 Å². The van der Waals surface area contributed by atoms with Crippen molar-refractivity contribution < 1.29 is 24.7 Å². The first kappa shape index (κ1) is 14.7. The molecule has 1 heterocycles. The summed E-state index contributed by atoms with van der Waals surface area (Å²) in [6.07, 6.45) is -0.707. The van der Waals surface area contributed by atoms with Crippen LogP contribution in [0.3, 0.4) is 0 Å². The zero-order chi connectivity index (χ0) is 15.6. The first-order valence-electron chi connectivity index (χ1n) is 5.62. The average Bonchev–Trinajstić information content (AvgIpc) is 2.84. The highest BCUT2D eigenvalue weighted by Crippen LogP contribution is 2.34. The van der Waals surface area contributed by atoms with Crippen molar-refractivity contribution in [3.63, 3.8) is 0 Å². The topological polar surface area (TPSA) is 143 Å². The van der Waals surface area contributed by atoms with E-state index in [0.29, 0.717) is 4.70 Å². The summed E-state index contributed by atoms with van der Waals surface area (Å²) in [5.74, 6) is -2.74. The zero-order valence-corrected chi connectivity index (χ0v) is 11.2. The normalized spacial score (nSPS) is 12.0. The number of benzene rings is 1. The summed E-state index contributed by atoms with van der Waals surface area (Å²) < 4.78 is 0.581. The van der Waals surface area contributed by atoms with Crippen LogP contribution in [0.4, 0.5) is 11.4 Å². The Hall–Kier alpha value is -2.75. The minimum Gasteiger partial charge on any atom is -0.481 e. The van der Waals surface area contributed by atoms with Gasteiger partial charge in [-0.3, -0.25) is 14.9 Å². The largest absolute Gasteiger partial charge is 0.481 e. The molecule has 0 amide bonds. The number of nitrogens with zero attached hydrogens (tertiary/aromatic N) is 2. The fourth-order valence-electron chi connectivity index (χ4n) is 1.78. The van der Waals surface area contributed by atoms with Crippen LogP contribution in [0.2, 0.25) is 0 Å². The Labute approximate surface area is 121 Å². The molecule has 2 aromatic rings. The van der Waals surface area contributed by atoms with Gasteiger partial charge in [-0.05, 0) is 12.1 Å². The van der Waals surface area contributed by atoms with Crippen molar-refractivity contribution in [3.8, 4) is 0 Å². The van der Waals surface area contributed by atoms with Crippen molar-refractivity contribution in [3.05, 3.63) is 27.8 Å². The molecule has 0 fully saturated rings. The van der Waals surface area contributed by atoms with Gasteiger partial charge in [0.1, 0.15) is 11.7 Å². The van der Waals surface area contributed by atoms with Crippen LogP contribution in [0.5, 0.6) is 0 Å². The van der Waals surface area contributed by atoms with E-state index >= 15 is 0 Å². The van der Waals surface area contributed by atoms with Gasteiger partial charge in [0, 0.05) is 0 Å². The van der Waals surface area contributed by atoms with Crippen molar-refractivity contribution in [1.29, 1.82) is 0 Å². The highest BCUT2D eigenvalue weighted by atomic mass is 32.1. The Morgan fingerprint density at radius 1 is 1.43 bits per heavy atom. The van der Waals surface area contributed by atoms with Gasteiger partial charge in [-0.25, -0.2) is 9.78 Å². The number of carboxylic acids is 2. The lowest BCUT2D eigenvalue weighted by atomic mass is 10.1. The number of hydrogen-bond acceptors (Lipinski definition) is 7. The molecule has 3 N–H and O–H groups in total. The first-order valence-corrected chi connectivity index (χ1v) is 6.50. The van der Waals surface area contributed by atoms with Crippen LogP contribution in [0.1, 0.15) is 6.42 Å².